The van der Waals surface area contributed by atoms with Crippen molar-refractivity contribution in [2.75, 3.05) is 7.11 Å². The van der Waals surface area contributed by atoms with E-state index in [1.54, 1.807) is 0 Å². The van der Waals surface area contributed by atoms with Crippen molar-refractivity contribution in [1.29, 1.82) is 0 Å². The molecule has 2 heteroatoms. The molecule has 0 aromatic heterocycles. The normalized spacial score (nSPS) is 11.2. The first-order valence-electron chi connectivity index (χ1n) is 6.71. The fourth-order valence-corrected chi connectivity index (χ4v) is 2.38. The van der Waals surface area contributed by atoms with Crippen LogP contribution >= 0.6 is 0 Å². The lowest BCUT2D eigenvalue weighted by Gasteiger charge is -2.28. The largest absolute Gasteiger partial charge is 0.468 e. The average Bonchev–Trinajstić information content (AvgIpc) is 2.47. The monoisotopic (exact) mass is 268 g/mol. The molecule has 104 valence electrons. The lowest BCUT2D eigenvalue weighted by molar-refractivity contribution is -0.145. The van der Waals surface area contributed by atoms with Crippen LogP contribution in [-0.4, -0.2) is 13.1 Å². The number of hydrogen-bond acceptors (Lipinski definition) is 2. The molecule has 0 spiro atoms. The molecule has 0 saturated carbocycles. The van der Waals surface area contributed by atoms with Gasteiger partial charge in [0.05, 0.1) is 7.11 Å². The Kier molecular flexibility index (Phi) is 3.93. The summed E-state index contributed by atoms with van der Waals surface area (Å²) in [6, 6.07) is 16.0. The fraction of sp³-hybridized carbons (Fsp3) is 0.278. The van der Waals surface area contributed by atoms with Crippen molar-refractivity contribution in [3.8, 4) is 0 Å². The number of esters is 1. The number of rotatable bonds is 3. The van der Waals surface area contributed by atoms with Gasteiger partial charge in [0.15, 0.2) is 0 Å². The Balaban J connectivity index is 2.58. The second-order valence-electron chi connectivity index (χ2n) is 5.35. The molecule has 0 aliphatic heterocycles. The van der Waals surface area contributed by atoms with Crippen LogP contribution in [0, 0.1) is 13.8 Å². The van der Waals surface area contributed by atoms with Crippen molar-refractivity contribution in [3.63, 3.8) is 0 Å². The molecule has 2 aromatic carbocycles. The number of carbonyl (C=O) groups is 1. The molecule has 0 bridgehead atoms. The molecule has 0 N–H and O–H groups in total. The second kappa shape index (κ2) is 5.49. The van der Waals surface area contributed by atoms with Gasteiger partial charge in [-0.3, -0.25) is 4.79 Å². The third-order valence-corrected chi connectivity index (χ3v) is 3.85. The van der Waals surface area contributed by atoms with Gasteiger partial charge < -0.3 is 4.74 Å². The molecule has 0 amide bonds. The summed E-state index contributed by atoms with van der Waals surface area (Å²) < 4.78 is 5.05. The molecule has 0 unspecified atom stereocenters. The SMILES string of the molecule is COC(=O)C(C)(c1ccc(C)cc1)c1ccc(C)cc1. The van der Waals surface area contributed by atoms with Crippen molar-refractivity contribution in [2.24, 2.45) is 0 Å². The predicted octanol–water partition coefficient (Wildman–Crippen LogP) is 3.78. The van der Waals surface area contributed by atoms with Gasteiger partial charge in [-0.15, -0.1) is 0 Å². The molecule has 0 saturated heterocycles. The van der Waals surface area contributed by atoms with Crippen molar-refractivity contribution in [2.45, 2.75) is 26.2 Å². The molecule has 0 fully saturated rings. The summed E-state index contributed by atoms with van der Waals surface area (Å²) in [7, 11) is 1.43. The minimum absolute atomic E-state index is 0.245. The Hall–Kier alpha value is -2.09. The predicted molar refractivity (Wildman–Crippen MR) is 80.8 cm³/mol. The molecular formula is C18H20O2. The van der Waals surface area contributed by atoms with Gasteiger partial charge in [-0.1, -0.05) is 59.7 Å². The summed E-state index contributed by atoms with van der Waals surface area (Å²) in [5, 5.41) is 0. The fourth-order valence-electron chi connectivity index (χ4n) is 2.38. The molecule has 2 rings (SSSR count). The lowest BCUT2D eigenvalue weighted by Crippen LogP contribution is -2.35. The molecule has 0 atom stereocenters. The Morgan fingerprint density at radius 1 is 0.850 bits per heavy atom. The minimum Gasteiger partial charge on any atom is -0.468 e. The van der Waals surface area contributed by atoms with Gasteiger partial charge in [0.2, 0.25) is 0 Å². The topological polar surface area (TPSA) is 26.3 Å². The zero-order valence-corrected chi connectivity index (χ0v) is 12.4. The van der Waals surface area contributed by atoms with Gasteiger partial charge in [0.1, 0.15) is 5.41 Å². The van der Waals surface area contributed by atoms with E-state index in [9.17, 15) is 4.79 Å². The highest BCUT2D eigenvalue weighted by molar-refractivity contribution is 5.87. The average molecular weight is 268 g/mol. The van der Waals surface area contributed by atoms with Crippen LogP contribution in [0.3, 0.4) is 0 Å². The van der Waals surface area contributed by atoms with Gasteiger partial charge in [-0.25, -0.2) is 0 Å². The highest BCUT2D eigenvalue weighted by Gasteiger charge is 2.38. The van der Waals surface area contributed by atoms with E-state index in [1.807, 2.05) is 69.3 Å². The Bertz CT molecular complexity index is 549. The summed E-state index contributed by atoms with van der Waals surface area (Å²) >= 11 is 0. The zero-order valence-electron chi connectivity index (χ0n) is 12.4. The summed E-state index contributed by atoms with van der Waals surface area (Å²) in [5.74, 6) is -0.245. The number of aryl methyl sites for hydroxylation is 2. The summed E-state index contributed by atoms with van der Waals surface area (Å²) in [6.07, 6.45) is 0. The number of methoxy groups -OCH3 is 1. The zero-order chi connectivity index (χ0) is 14.8. The maximum absolute atomic E-state index is 12.4. The van der Waals surface area contributed by atoms with E-state index in [2.05, 4.69) is 0 Å². The van der Waals surface area contributed by atoms with Crippen LogP contribution < -0.4 is 0 Å². The van der Waals surface area contributed by atoms with Crippen molar-refractivity contribution < 1.29 is 9.53 Å². The van der Waals surface area contributed by atoms with E-state index in [4.69, 9.17) is 4.74 Å². The van der Waals surface area contributed by atoms with Crippen LogP contribution in [0.5, 0.6) is 0 Å². The van der Waals surface area contributed by atoms with E-state index in [0.29, 0.717) is 0 Å². The lowest BCUT2D eigenvalue weighted by atomic mass is 9.76. The number of carbonyl (C=O) groups excluding carboxylic acids is 1. The van der Waals surface area contributed by atoms with E-state index in [1.165, 1.54) is 18.2 Å². The summed E-state index contributed by atoms with van der Waals surface area (Å²) in [4.78, 5) is 12.4. The van der Waals surface area contributed by atoms with Gasteiger partial charge in [0, 0.05) is 0 Å². The van der Waals surface area contributed by atoms with Gasteiger partial charge in [0.25, 0.3) is 0 Å². The molecule has 0 radical (unpaired) electrons. The molecule has 0 heterocycles. The van der Waals surface area contributed by atoms with E-state index in [-0.39, 0.29) is 5.97 Å². The molecule has 2 nitrogen and oxygen atoms in total. The Morgan fingerprint density at radius 2 is 1.20 bits per heavy atom. The molecule has 0 aliphatic rings. The molecular weight excluding hydrogens is 248 g/mol. The van der Waals surface area contributed by atoms with E-state index >= 15 is 0 Å². The van der Waals surface area contributed by atoms with E-state index < -0.39 is 5.41 Å². The van der Waals surface area contributed by atoms with Crippen LogP contribution in [0.25, 0.3) is 0 Å². The smallest absolute Gasteiger partial charge is 0.320 e. The Labute approximate surface area is 120 Å². The quantitative estimate of drug-likeness (QED) is 0.792. The van der Waals surface area contributed by atoms with Gasteiger partial charge in [-0.05, 0) is 31.9 Å². The molecule has 20 heavy (non-hydrogen) atoms. The van der Waals surface area contributed by atoms with Gasteiger partial charge >= 0.3 is 5.97 Å². The number of ether oxygens (including phenoxy) is 1. The van der Waals surface area contributed by atoms with Crippen molar-refractivity contribution in [1.82, 2.24) is 0 Å². The third-order valence-electron chi connectivity index (χ3n) is 3.85. The minimum atomic E-state index is -0.782. The second-order valence-corrected chi connectivity index (χ2v) is 5.35. The van der Waals surface area contributed by atoms with E-state index in [0.717, 1.165) is 11.1 Å². The first-order valence-corrected chi connectivity index (χ1v) is 6.71. The number of benzene rings is 2. The van der Waals surface area contributed by atoms with Crippen LogP contribution in [0.15, 0.2) is 48.5 Å². The molecule has 2 aromatic rings. The Morgan fingerprint density at radius 3 is 1.50 bits per heavy atom. The summed E-state index contributed by atoms with van der Waals surface area (Å²) in [5.41, 5.74) is 3.45. The van der Waals surface area contributed by atoms with Crippen LogP contribution in [-0.2, 0) is 14.9 Å². The highest BCUT2D eigenvalue weighted by Crippen LogP contribution is 2.33. The first kappa shape index (κ1) is 14.3. The highest BCUT2D eigenvalue weighted by atomic mass is 16.5. The standard InChI is InChI=1S/C18H20O2/c1-13-5-9-15(10-6-13)18(3,17(19)20-4)16-11-7-14(2)8-12-16/h5-12H,1-4H3. The number of hydrogen-bond donors (Lipinski definition) is 0. The van der Waals surface area contributed by atoms with Crippen LogP contribution in [0.1, 0.15) is 29.2 Å². The van der Waals surface area contributed by atoms with Crippen LogP contribution in [0.4, 0.5) is 0 Å². The first-order chi connectivity index (χ1) is 9.48. The third kappa shape index (κ3) is 2.46. The van der Waals surface area contributed by atoms with Crippen LogP contribution in [0.2, 0.25) is 0 Å². The van der Waals surface area contributed by atoms with Gasteiger partial charge in [-0.2, -0.15) is 0 Å². The molecule has 0 aliphatic carbocycles. The van der Waals surface area contributed by atoms with Crippen molar-refractivity contribution in [3.05, 3.63) is 70.8 Å². The van der Waals surface area contributed by atoms with Crippen molar-refractivity contribution >= 4 is 5.97 Å². The summed E-state index contributed by atoms with van der Waals surface area (Å²) in [6.45, 7) is 5.98. The maximum Gasteiger partial charge on any atom is 0.320 e. The maximum atomic E-state index is 12.4.